The number of hydrogen-bond acceptors (Lipinski definition) is 3. The maximum atomic E-state index is 12.4. The molecule has 0 fully saturated rings. The summed E-state index contributed by atoms with van der Waals surface area (Å²) >= 11 is 0. The van der Waals surface area contributed by atoms with Gasteiger partial charge in [-0.2, -0.15) is 5.26 Å². The van der Waals surface area contributed by atoms with Gasteiger partial charge in [-0.3, -0.25) is 4.79 Å². The third-order valence-electron chi connectivity index (χ3n) is 3.27. The van der Waals surface area contributed by atoms with Crippen LogP contribution in [0.15, 0.2) is 45.6 Å². The third-order valence-corrected chi connectivity index (χ3v) is 3.27. The molecule has 0 N–H and O–H groups in total. The molecule has 92 valence electrons. The quantitative estimate of drug-likeness (QED) is 0.621. The lowest BCUT2D eigenvalue weighted by Crippen LogP contribution is -2.02. The van der Waals surface area contributed by atoms with E-state index < -0.39 is 0 Å². The Labute approximate surface area is 109 Å². The number of nitrogens with zero attached hydrogens (tertiary/aromatic N) is 1. The van der Waals surface area contributed by atoms with Crippen molar-refractivity contribution in [1.29, 1.82) is 5.26 Å². The second-order valence-corrected chi connectivity index (χ2v) is 4.44. The highest BCUT2D eigenvalue weighted by atomic mass is 16.3. The summed E-state index contributed by atoms with van der Waals surface area (Å²) in [6, 6.07) is 12.6. The van der Waals surface area contributed by atoms with E-state index in [0.717, 1.165) is 12.0 Å². The summed E-state index contributed by atoms with van der Waals surface area (Å²) in [5, 5.41) is 9.99. The van der Waals surface area contributed by atoms with Crippen LogP contribution in [0.2, 0.25) is 0 Å². The van der Waals surface area contributed by atoms with Crippen LogP contribution in [0.3, 0.4) is 0 Å². The highest BCUT2D eigenvalue weighted by Gasteiger charge is 2.08. The molecule has 0 atom stereocenters. The molecule has 0 bridgehead atoms. The molecule has 0 spiro atoms. The predicted octanol–water partition coefficient (Wildman–Crippen LogP) is 3.38. The van der Waals surface area contributed by atoms with Gasteiger partial charge >= 0.3 is 0 Å². The van der Waals surface area contributed by atoms with Gasteiger partial charge in [0, 0.05) is 0 Å². The van der Waals surface area contributed by atoms with E-state index in [1.165, 1.54) is 0 Å². The van der Waals surface area contributed by atoms with E-state index in [0.29, 0.717) is 27.5 Å². The first-order valence-electron chi connectivity index (χ1n) is 6.12. The monoisotopic (exact) mass is 249 g/mol. The van der Waals surface area contributed by atoms with Crippen molar-refractivity contribution in [3.05, 3.63) is 57.7 Å². The van der Waals surface area contributed by atoms with Crippen molar-refractivity contribution in [1.82, 2.24) is 0 Å². The van der Waals surface area contributed by atoms with Gasteiger partial charge in [0.05, 0.1) is 22.4 Å². The zero-order chi connectivity index (χ0) is 13.4. The molecule has 0 unspecified atom stereocenters. The summed E-state index contributed by atoms with van der Waals surface area (Å²) < 4.78 is 5.72. The zero-order valence-electron chi connectivity index (χ0n) is 10.4. The Kier molecular flexibility index (Phi) is 2.57. The topological polar surface area (TPSA) is 54.0 Å². The van der Waals surface area contributed by atoms with Crippen LogP contribution in [0, 0.1) is 11.3 Å². The lowest BCUT2D eigenvalue weighted by molar-refractivity contribution is 0.659. The van der Waals surface area contributed by atoms with Gasteiger partial charge in [0.25, 0.3) is 0 Å². The second kappa shape index (κ2) is 4.25. The Morgan fingerprint density at radius 1 is 1.11 bits per heavy atom. The van der Waals surface area contributed by atoms with Crippen LogP contribution in [0.1, 0.15) is 18.1 Å². The summed E-state index contributed by atoms with van der Waals surface area (Å²) in [7, 11) is 0. The highest BCUT2D eigenvalue weighted by molar-refractivity contribution is 5.90. The smallest absolute Gasteiger partial charge is 0.200 e. The molecular weight excluding hydrogens is 238 g/mol. The van der Waals surface area contributed by atoms with Gasteiger partial charge < -0.3 is 4.42 Å². The van der Waals surface area contributed by atoms with Crippen molar-refractivity contribution >= 4 is 21.9 Å². The molecule has 2 aromatic carbocycles. The summed E-state index contributed by atoms with van der Waals surface area (Å²) in [5.41, 5.74) is 2.56. The number of aryl methyl sites for hydroxylation is 1. The first kappa shape index (κ1) is 11.5. The predicted molar refractivity (Wildman–Crippen MR) is 74.1 cm³/mol. The fraction of sp³-hybridized carbons (Fsp3) is 0.125. The maximum absolute atomic E-state index is 12.4. The van der Waals surface area contributed by atoms with Crippen LogP contribution in [0.25, 0.3) is 21.9 Å². The lowest BCUT2D eigenvalue weighted by Gasteiger charge is -2.03. The minimum Gasteiger partial charge on any atom is -0.456 e. The number of benzene rings is 2. The Hall–Kier alpha value is -2.60. The Bertz CT molecular complexity index is 885. The van der Waals surface area contributed by atoms with Crippen LogP contribution in [-0.4, -0.2) is 0 Å². The van der Waals surface area contributed by atoms with Gasteiger partial charge in [-0.05, 0) is 42.3 Å². The average Bonchev–Trinajstić information content (AvgIpc) is 2.46. The van der Waals surface area contributed by atoms with E-state index in [-0.39, 0.29) is 5.43 Å². The third kappa shape index (κ3) is 1.78. The zero-order valence-corrected chi connectivity index (χ0v) is 10.4. The number of hydrogen-bond donors (Lipinski definition) is 0. The Balaban J connectivity index is 2.45. The fourth-order valence-electron chi connectivity index (χ4n) is 2.19. The van der Waals surface area contributed by atoms with Crippen molar-refractivity contribution in [2.75, 3.05) is 0 Å². The van der Waals surface area contributed by atoms with Crippen molar-refractivity contribution in [2.45, 2.75) is 13.3 Å². The summed E-state index contributed by atoms with van der Waals surface area (Å²) in [6.07, 6.45) is 0.876. The molecule has 0 amide bonds. The van der Waals surface area contributed by atoms with Gasteiger partial charge in [-0.1, -0.05) is 13.0 Å². The van der Waals surface area contributed by atoms with Gasteiger partial charge in [-0.15, -0.1) is 0 Å². The van der Waals surface area contributed by atoms with E-state index in [4.69, 9.17) is 9.68 Å². The van der Waals surface area contributed by atoms with E-state index in [9.17, 15) is 4.79 Å². The first-order chi connectivity index (χ1) is 9.22. The minimum absolute atomic E-state index is 0.0453. The van der Waals surface area contributed by atoms with E-state index in [1.807, 2.05) is 31.2 Å². The SMILES string of the molecule is CCc1ccc2oc3cc(C#N)ccc3c(=O)c2c1. The van der Waals surface area contributed by atoms with Crippen LogP contribution in [-0.2, 0) is 6.42 Å². The molecule has 1 aromatic heterocycles. The van der Waals surface area contributed by atoms with Crippen molar-refractivity contribution in [3.8, 4) is 6.07 Å². The summed E-state index contributed by atoms with van der Waals surface area (Å²) in [4.78, 5) is 12.4. The standard InChI is InChI=1S/C16H11NO2/c1-2-10-4-6-14-13(7-10)16(18)12-5-3-11(9-17)8-15(12)19-14/h3-8H,2H2,1H3. The van der Waals surface area contributed by atoms with Crippen LogP contribution in [0.5, 0.6) is 0 Å². The molecule has 0 aliphatic heterocycles. The van der Waals surface area contributed by atoms with Gasteiger partial charge in [0.15, 0.2) is 0 Å². The van der Waals surface area contributed by atoms with Crippen molar-refractivity contribution < 1.29 is 4.42 Å². The lowest BCUT2D eigenvalue weighted by atomic mass is 10.1. The Morgan fingerprint density at radius 3 is 2.68 bits per heavy atom. The van der Waals surface area contributed by atoms with Crippen molar-refractivity contribution in [2.24, 2.45) is 0 Å². The van der Waals surface area contributed by atoms with E-state index in [1.54, 1.807) is 18.2 Å². The largest absolute Gasteiger partial charge is 0.456 e. The molecule has 3 aromatic rings. The molecule has 0 saturated carbocycles. The maximum Gasteiger partial charge on any atom is 0.200 e. The van der Waals surface area contributed by atoms with Crippen LogP contribution in [0.4, 0.5) is 0 Å². The minimum atomic E-state index is -0.0453. The summed E-state index contributed by atoms with van der Waals surface area (Å²) in [5.74, 6) is 0. The van der Waals surface area contributed by atoms with Crippen molar-refractivity contribution in [3.63, 3.8) is 0 Å². The second-order valence-electron chi connectivity index (χ2n) is 4.44. The average molecular weight is 249 g/mol. The molecule has 3 heteroatoms. The van der Waals surface area contributed by atoms with Gasteiger partial charge in [0.1, 0.15) is 11.2 Å². The number of nitriles is 1. The van der Waals surface area contributed by atoms with Gasteiger partial charge in [0.2, 0.25) is 5.43 Å². The molecular formula is C16H11NO2. The summed E-state index contributed by atoms with van der Waals surface area (Å²) in [6.45, 7) is 2.04. The molecule has 3 nitrogen and oxygen atoms in total. The van der Waals surface area contributed by atoms with Crippen LogP contribution >= 0.6 is 0 Å². The van der Waals surface area contributed by atoms with Gasteiger partial charge in [-0.25, -0.2) is 0 Å². The highest BCUT2D eigenvalue weighted by Crippen LogP contribution is 2.20. The van der Waals surface area contributed by atoms with Crippen LogP contribution < -0.4 is 5.43 Å². The molecule has 3 rings (SSSR count). The molecule has 0 radical (unpaired) electrons. The molecule has 1 heterocycles. The fourth-order valence-corrected chi connectivity index (χ4v) is 2.19. The Morgan fingerprint density at radius 2 is 1.95 bits per heavy atom. The number of rotatable bonds is 1. The van der Waals surface area contributed by atoms with E-state index in [2.05, 4.69) is 0 Å². The normalized spacial score (nSPS) is 10.7. The number of fused-ring (bicyclic) bond motifs is 2. The molecule has 0 saturated heterocycles. The molecule has 0 aliphatic carbocycles. The first-order valence-corrected chi connectivity index (χ1v) is 6.12. The molecule has 19 heavy (non-hydrogen) atoms. The van der Waals surface area contributed by atoms with E-state index >= 15 is 0 Å². The molecule has 0 aliphatic rings.